The van der Waals surface area contributed by atoms with Gasteiger partial charge in [0.25, 0.3) is 0 Å². The number of aromatic nitrogens is 1. The number of aryl methyl sites for hydroxylation is 2. The average molecular weight is 341 g/mol. The Morgan fingerprint density at radius 2 is 1.84 bits per heavy atom. The summed E-state index contributed by atoms with van der Waals surface area (Å²) in [5.41, 5.74) is 4.86. The van der Waals surface area contributed by atoms with Crippen LogP contribution in [0.25, 0.3) is 10.9 Å². The van der Waals surface area contributed by atoms with Gasteiger partial charge in [-0.15, -0.1) is 0 Å². The highest BCUT2D eigenvalue weighted by atomic mass is 16.5. The first-order valence-electron chi connectivity index (χ1n) is 10.1. The van der Waals surface area contributed by atoms with Crippen LogP contribution in [0.3, 0.4) is 0 Å². The molecule has 1 atom stereocenters. The van der Waals surface area contributed by atoms with Crippen LogP contribution in [-0.2, 0) is 6.54 Å². The van der Waals surface area contributed by atoms with E-state index in [9.17, 15) is 0 Å². The van der Waals surface area contributed by atoms with Crippen LogP contribution in [0, 0.1) is 12.3 Å². The molecule has 0 aliphatic carbocycles. The van der Waals surface area contributed by atoms with Gasteiger partial charge in [-0.3, -0.25) is 4.90 Å². The lowest BCUT2D eigenvalue weighted by molar-refractivity contribution is 0.0350. The van der Waals surface area contributed by atoms with Crippen molar-refractivity contribution < 1.29 is 4.74 Å². The molecule has 0 bridgehead atoms. The Labute approximate surface area is 152 Å². The SMILES string of the molecule is CCC1(CC)CCn2c(c(C)c3cc(OC)ccc32)C1N1CCCC1. The first-order valence-corrected chi connectivity index (χ1v) is 10.1. The van der Waals surface area contributed by atoms with Crippen LogP contribution in [0.4, 0.5) is 0 Å². The number of benzene rings is 1. The minimum absolute atomic E-state index is 0.420. The van der Waals surface area contributed by atoms with Gasteiger partial charge in [0, 0.05) is 23.1 Å². The van der Waals surface area contributed by atoms with Crippen LogP contribution in [0.5, 0.6) is 5.75 Å². The van der Waals surface area contributed by atoms with E-state index >= 15 is 0 Å². The van der Waals surface area contributed by atoms with Crippen molar-refractivity contribution in [1.82, 2.24) is 9.47 Å². The maximum atomic E-state index is 5.50. The molecule has 1 fully saturated rings. The zero-order chi connectivity index (χ0) is 17.6. The molecule has 136 valence electrons. The minimum atomic E-state index is 0.420. The molecule has 3 nitrogen and oxygen atoms in total. The van der Waals surface area contributed by atoms with Crippen molar-refractivity contribution >= 4 is 10.9 Å². The average Bonchev–Trinajstić information content (AvgIpc) is 3.28. The summed E-state index contributed by atoms with van der Waals surface area (Å²) in [4.78, 5) is 2.79. The number of rotatable bonds is 4. The first-order chi connectivity index (χ1) is 12.1. The summed E-state index contributed by atoms with van der Waals surface area (Å²) in [7, 11) is 1.76. The maximum absolute atomic E-state index is 5.50. The number of ether oxygens (including phenoxy) is 1. The Morgan fingerprint density at radius 3 is 2.48 bits per heavy atom. The molecule has 4 rings (SSSR count). The van der Waals surface area contributed by atoms with E-state index < -0.39 is 0 Å². The molecule has 3 heterocycles. The van der Waals surface area contributed by atoms with E-state index in [-0.39, 0.29) is 0 Å². The van der Waals surface area contributed by atoms with E-state index in [0.717, 1.165) is 12.3 Å². The molecule has 25 heavy (non-hydrogen) atoms. The standard InChI is InChI=1S/C22H32N2O/c1-5-22(6-2)11-14-24-19-10-9-17(25-4)15-18(19)16(3)20(24)21(22)23-12-7-8-13-23/h9-10,15,21H,5-8,11-14H2,1-4H3. The van der Waals surface area contributed by atoms with Crippen LogP contribution in [0.1, 0.15) is 63.3 Å². The fourth-order valence-corrected chi connectivity index (χ4v) is 5.55. The van der Waals surface area contributed by atoms with Crippen LogP contribution in [0.15, 0.2) is 18.2 Å². The van der Waals surface area contributed by atoms with Gasteiger partial charge in [0.1, 0.15) is 5.75 Å². The lowest BCUT2D eigenvalue weighted by atomic mass is 9.69. The number of hydrogen-bond donors (Lipinski definition) is 0. The highest BCUT2D eigenvalue weighted by Gasteiger charge is 2.46. The van der Waals surface area contributed by atoms with E-state index in [1.807, 2.05) is 0 Å². The molecule has 0 N–H and O–H groups in total. The zero-order valence-corrected chi connectivity index (χ0v) is 16.3. The lowest BCUT2D eigenvalue weighted by Crippen LogP contribution is -2.44. The zero-order valence-electron chi connectivity index (χ0n) is 16.3. The summed E-state index contributed by atoms with van der Waals surface area (Å²) in [6.07, 6.45) is 6.55. The first kappa shape index (κ1) is 17.0. The molecular weight excluding hydrogens is 308 g/mol. The van der Waals surface area contributed by atoms with Gasteiger partial charge in [0.05, 0.1) is 13.2 Å². The third kappa shape index (κ3) is 2.43. The van der Waals surface area contributed by atoms with Gasteiger partial charge in [-0.2, -0.15) is 0 Å². The molecule has 1 unspecified atom stereocenters. The third-order valence-corrected chi connectivity index (χ3v) is 7.16. The van der Waals surface area contributed by atoms with Crippen molar-refractivity contribution in [1.29, 1.82) is 0 Å². The summed E-state index contributed by atoms with van der Waals surface area (Å²) < 4.78 is 8.12. The second-order valence-electron chi connectivity index (χ2n) is 8.01. The van der Waals surface area contributed by atoms with Gasteiger partial charge >= 0.3 is 0 Å². The van der Waals surface area contributed by atoms with Crippen LogP contribution < -0.4 is 4.74 Å². The molecular formula is C22H32N2O. The number of nitrogens with zero attached hydrogens (tertiary/aromatic N) is 2. The quantitative estimate of drug-likeness (QED) is 0.751. The second kappa shape index (κ2) is 6.35. The normalized spacial score (nSPS) is 23.1. The molecule has 1 aromatic carbocycles. The van der Waals surface area contributed by atoms with E-state index in [1.54, 1.807) is 12.8 Å². The summed E-state index contributed by atoms with van der Waals surface area (Å²) >= 11 is 0. The van der Waals surface area contributed by atoms with E-state index in [1.165, 1.54) is 61.7 Å². The third-order valence-electron chi connectivity index (χ3n) is 7.16. The van der Waals surface area contributed by atoms with E-state index in [4.69, 9.17) is 4.74 Å². The van der Waals surface area contributed by atoms with Gasteiger partial charge in [-0.1, -0.05) is 13.8 Å². The number of hydrogen-bond acceptors (Lipinski definition) is 2. The molecule has 2 aliphatic heterocycles. The van der Waals surface area contributed by atoms with Gasteiger partial charge in [-0.25, -0.2) is 0 Å². The van der Waals surface area contributed by atoms with Crippen molar-refractivity contribution in [2.45, 2.75) is 65.5 Å². The molecule has 0 amide bonds. The number of likely N-dealkylation sites (tertiary alicyclic amines) is 1. The second-order valence-corrected chi connectivity index (χ2v) is 8.01. The van der Waals surface area contributed by atoms with Crippen molar-refractivity contribution in [3.63, 3.8) is 0 Å². The molecule has 1 saturated heterocycles. The smallest absolute Gasteiger partial charge is 0.119 e. The fourth-order valence-electron chi connectivity index (χ4n) is 5.55. The minimum Gasteiger partial charge on any atom is -0.497 e. The summed E-state index contributed by atoms with van der Waals surface area (Å²) in [6, 6.07) is 7.17. The van der Waals surface area contributed by atoms with E-state index in [2.05, 4.69) is 48.4 Å². The number of methoxy groups -OCH3 is 1. The van der Waals surface area contributed by atoms with Gasteiger partial charge < -0.3 is 9.30 Å². The topological polar surface area (TPSA) is 17.4 Å². The molecule has 2 aliphatic rings. The Kier molecular flexibility index (Phi) is 4.31. The lowest BCUT2D eigenvalue weighted by Gasteiger charge is -2.48. The molecule has 2 aromatic rings. The molecule has 0 saturated carbocycles. The van der Waals surface area contributed by atoms with Crippen LogP contribution in [0.2, 0.25) is 0 Å². The predicted molar refractivity (Wildman–Crippen MR) is 104 cm³/mol. The van der Waals surface area contributed by atoms with Crippen molar-refractivity contribution in [3.05, 3.63) is 29.5 Å². The summed E-state index contributed by atoms with van der Waals surface area (Å²) in [5.74, 6) is 0.966. The highest BCUT2D eigenvalue weighted by Crippen LogP contribution is 2.53. The van der Waals surface area contributed by atoms with Crippen molar-refractivity contribution in [2.75, 3.05) is 20.2 Å². The summed E-state index contributed by atoms with van der Waals surface area (Å²) in [5, 5.41) is 1.38. The number of fused-ring (bicyclic) bond motifs is 3. The highest BCUT2D eigenvalue weighted by molar-refractivity contribution is 5.87. The van der Waals surface area contributed by atoms with E-state index in [0.29, 0.717) is 11.5 Å². The Balaban J connectivity index is 1.94. The summed E-state index contributed by atoms with van der Waals surface area (Å²) in [6.45, 7) is 10.8. The Hall–Kier alpha value is -1.48. The largest absolute Gasteiger partial charge is 0.497 e. The van der Waals surface area contributed by atoms with Gasteiger partial charge in [0.15, 0.2) is 0 Å². The van der Waals surface area contributed by atoms with Crippen LogP contribution in [-0.4, -0.2) is 29.7 Å². The van der Waals surface area contributed by atoms with Crippen molar-refractivity contribution in [2.24, 2.45) is 5.41 Å². The van der Waals surface area contributed by atoms with Crippen LogP contribution >= 0.6 is 0 Å². The maximum Gasteiger partial charge on any atom is 0.119 e. The molecule has 1 aromatic heterocycles. The molecule has 0 spiro atoms. The Bertz CT molecular complexity index is 766. The Morgan fingerprint density at radius 1 is 1.12 bits per heavy atom. The van der Waals surface area contributed by atoms with Crippen molar-refractivity contribution in [3.8, 4) is 5.75 Å². The van der Waals surface area contributed by atoms with Gasteiger partial charge in [-0.05, 0) is 81.3 Å². The molecule has 0 radical (unpaired) electrons. The predicted octanol–water partition coefficient (Wildman–Crippen LogP) is 5.31. The molecule has 3 heteroatoms. The monoisotopic (exact) mass is 340 g/mol. The van der Waals surface area contributed by atoms with Gasteiger partial charge in [0.2, 0.25) is 0 Å². The fraction of sp³-hybridized carbons (Fsp3) is 0.636.